The van der Waals surface area contributed by atoms with Gasteiger partial charge in [-0.15, -0.1) is 0 Å². The lowest BCUT2D eigenvalue weighted by Crippen LogP contribution is -2.44. The van der Waals surface area contributed by atoms with E-state index in [-0.39, 0.29) is 11.8 Å². The SMILES string of the molecule is COCCOc1ccc(NC(=O)C2(C3(C(=O)N4CCCC4)CC3)CC2)cn1. The predicted octanol–water partition coefficient (Wildman–Crippen LogP) is 2.23. The summed E-state index contributed by atoms with van der Waals surface area (Å²) >= 11 is 0. The summed E-state index contributed by atoms with van der Waals surface area (Å²) < 4.78 is 10.4. The molecule has 3 aliphatic rings. The van der Waals surface area contributed by atoms with Crippen LogP contribution in [0, 0.1) is 10.8 Å². The average molecular weight is 373 g/mol. The Kier molecular flexibility index (Phi) is 4.80. The number of ether oxygens (including phenoxy) is 2. The number of rotatable bonds is 8. The monoisotopic (exact) mass is 373 g/mol. The van der Waals surface area contributed by atoms with Gasteiger partial charge >= 0.3 is 0 Å². The second-order valence-corrected chi connectivity index (χ2v) is 7.84. The highest BCUT2D eigenvalue weighted by molar-refractivity contribution is 6.03. The first-order valence-corrected chi connectivity index (χ1v) is 9.80. The first-order chi connectivity index (χ1) is 13.1. The molecule has 0 spiro atoms. The van der Waals surface area contributed by atoms with Crippen LogP contribution in [-0.2, 0) is 14.3 Å². The zero-order valence-electron chi connectivity index (χ0n) is 15.8. The molecule has 1 aliphatic heterocycles. The van der Waals surface area contributed by atoms with Crippen LogP contribution in [0.2, 0.25) is 0 Å². The largest absolute Gasteiger partial charge is 0.475 e. The molecule has 4 rings (SSSR count). The molecule has 0 radical (unpaired) electrons. The minimum Gasteiger partial charge on any atom is -0.475 e. The fourth-order valence-electron chi connectivity index (χ4n) is 4.31. The molecule has 1 aromatic heterocycles. The summed E-state index contributed by atoms with van der Waals surface area (Å²) in [5, 5.41) is 2.98. The van der Waals surface area contributed by atoms with Crippen molar-refractivity contribution in [3.05, 3.63) is 18.3 Å². The number of nitrogens with zero attached hydrogens (tertiary/aromatic N) is 2. The van der Waals surface area contributed by atoms with Crippen molar-refractivity contribution in [2.45, 2.75) is 38.5 Å². The predicted molar refractivity (Wildman–Crippen MR) is 99.4 cm³/mol. The van der Waals surface area contributed by atoms with E-state index in [1.165, 1.54) is 0 Å². The minimum absolute atomic E-state index is 0.0394. The molecule has 1 saturated heterocycles. The summed E-state index contributed by atoms with van der Waals surface area (Å²) in [6, 6.07) is 3.51. The number of aromatic nitrogens is 1. The second-order valence-electron chi connectivity index (χ2n) is 7.84. The van der Waals surface area contributed by atoms with E-state index >= 15 is 0 Å². The molecule has 3 fully saturated rings. The molecule has 0 aromatic carbocycles. The number of hydrogen-bond acceptors (Lipinski definition) is 5. The van der Waals surface area contributed by atoms with Gasteiger partial charge < -0.3 is 19.7 Å². The number of pyridine rings is 1. The van der Waals surface area contributed by atoms with E-state index in [4.69, 9.17) is 9.47 Å². The summed E-state index contributed by atoms with van der Waals surface area (Å²) in [6.45, 7) is 2.61. The van der Waals surface area contributed by atoms with E-state index in [0.717, 1.165) is 51.6 Å². The van der Waals surface area contributed by atoms with Gasteiger partial charge in [0.25, 0.3) is 0 Å². The summed E-state index contributed by atoms with van der Waals surface area (Å²) in [5.74, 6) is 0.657. The van der Waals surface area contributed by atoms with E-state index in [9.17, 15) is 9.59 Å². The van der Waals surface area contributed by atoms with Gasteiger partial charge in [-0.05, 0) is 44.6 Å². The van der Waals surface area contributed by atoms with Crippen molar-refractivity contribution in [2.24, 2.45) is 10.8 Å². The molecular formula is C20H27N3O4. The van der Waals surface area contributed by atoms with E-state index in [1.54, 1.807) is 25.4 Å². The van der Waals surface area contributed by atoms with Crippen LogP contribution in [0.4, 0.5) is 5.69 Å². The van der Waals surface area contributed by atoms with E-state index in [1.807, 2.05) is 4.90 Å². The Bertz CT molecular complexity index is 704. The summed E-state index contributed by atoms with van der Waals surface area (Å²) in [7, 11) is 1.62. The summed E-state index contributed by atoms with van der Waals surface area (Å²) in [6.07, 6.45) is 7.00. The third kappa shape index (κ3) is 3.29. The van der Waals surface area contributed by atoms with Crippen molar-refractivity contribution in [2.75, 3.05) is 38.7 Å². The van der Waals surface area contributed by atoms with Gasteiger partial charge in [-0.25, -0.2) is 4.98 Å². The maximum Gasteiger partial charge on any atom is 0.231 e. The second kappa shape index (κ2) is 7.11. The fourth-order valence-corrected chi connectivity index (χ4v) is 4.31. The Morgan fingerprint density at radius 2 is 1.81 bits per heavy atom. The number of amides is 2. The molecule has 2 heterocycles. The Morgan fingerprint density at radius 3 is 2.37 bits per heavy atom. The Hall–Kier alpha value is -2.15. The van der Waals surface area contributed by atoms with Crippen molar-refractivity contribution < 1.29 is 19.1 Å². The lowest BCUT2D eigenvalue weighted by molar-refractivity contribution is -0.143. The lowest BCUT2D eigenvalue weighted by atomic mass is 9.83. The molecule has 0 unspecified atom stereocenters. The van der Waals surface area contributed by atoms with Crippen LogP contribution >= 0.6 is 0 Å². The van der Waals surface area contributed by atoms with Gasteiger partial charge in [0, 0.05) is 26.3 Å². The fraction of sp³-hybridized carbons (Fsp3) is 0.650. The first kappa shape index (κ1) is 18.2. The molecule has 7 heteroatoms. The lowest BCUT2D eigenvalue weighted by Gasteiger charge is -2.29. The highest BCUT2D eigenvalue weighted by atomic mass is 16.5. The van der Waals surface area contributed by atoms with Crippen LogP contribution in [0.25, 0.3) is 0 Å². The Balaban J connectivity index is 1.40. The maximum atomic E-state index is 13.0. The minimum atomic E-state index is -0.527. The van der Waals surface area contributed by atoms with Gasteiger partial charge in [-0.2, -0.15) is 0 Å². The normalized spacial score (nSPS) is 21.6. The van der Waals surface area contributed by atoms with Gasteiger partial charge in [0.2, 0.25) is 17.7 Å². The standard InChI is InChI=1S/C20H27N3O4/c1-26-12-13-27-16-5-4-15(14-21-16)22-17(24)19(6-7-19)20(8-9-20)18(25)23-10-2-3-11-23/h4-5,14H,2-3,6-13H2,1H3,(H,22,24). The van der Waals surface area contributed by atoms with Crippen molar-refractivity contribution in [3.63, 3.8) is 0 Å². The smallest absolute Gasteiger partial charge is 0.231 e. The Labute approximate surface area is 159 Å². The van der Waals surface area contributed by atoms with Crippen LogP contribution in [0.15, 0.2) is 18.3 Å². The molecular weight excluding hydrogens is 346 g/mol. The van der Waals surface area contributed by atoms with Crippen LogP contribution in [0.3, 0.4) is 0 Å². The molecule has 0 atom stereocenters. The number of hydrogen-bond donors (Lipinski definition) is 1. The average Bonchev–Trinajstić information content (AvgIpc) is 3.59. The van der Waals surface area contributed by atoms with Gasteiger partial charge in [-0.3, -0.25) is 9.59 Å². The van der Waals surface area contributed by atoms with Gasteiger partial charge in [0.15, 0.2) is 0 Å². The van der Waals surface area contributed by atoms with Crippen LogP contribution in [0.1, 0.15) is 38.5 Å². The maximum absolute atomic E-state index is 13.0. The number of methoxy groups -OCH3 is 1. The third-order valence-corrected chi connectivity index (χ3v) is 6.18. The van der Waals surface area contributed by atoms with Crippen molar-refractivity contribution in [1.82, 2.24) is 9.88 Å². The molecule has 0 bridgehead atoms. The molecule has 2 amide bonds. The quantitative estimate of drug-likeness (QED) is 0.707. The van der Waals surface area contributed by atoms with E-state index in [2.05, 4.69) is 10.3 Å². The molecule has 2 aliphatic carbocycles. The van der Waals surface area contributed by atoms with Crippen LogP contribution in [-0.4, -0.2) is 55.1 Å². The third-order valence-electron chi connectivity index (χ3n) is 6.18. The number of likely N-dealkylation sites (tertiary alicyclic amines) is 1. The number of carbonyl (C=O) groups excluding carboxylic acids is 2. The molecule has 2 saturated carbocycles. The van der Waals surface area contributed by atoms with Gasteiger partial charge in [0.05, 0.1) is 29.3 Å². The van der Waals surface area contributed by atoms with Gasteiger partial charge in [0.1, 0.15) is 6.61 Å². The van der Waals surface area contributed by atoms with Crippen molar-refractivity contribution in [3.8, 4) is 5.88 Å². The van der Waals surface area contributed by atoms with E-state index in [0.29, 0.717) is 24.8 Å². The molecule has 146 valence electrons. The number of carbonyl (C=O) groups is 2. The Morgan fingerprint density at radius 1 is 1.11 bits per heavy atom. The zero-order chi connectivity index (χ0) is 18.9. The summed E-state index contributed by atoms with van der Waals surface area (Å²) in [5.41, 5.74) is -0.354. The highest BCUT2D eigenvalue weighted by Gasteiger charge is 2.73. The van der Waals surface area contributed by atoms with Crippen LogP contribution in [0.5, 0.6) is 5.88 Å². The summed E-state index contributed by atoms with van der Waals surface area (Å²) in [4.78, 5) is 32.3. The molecule has 27 heavy (non-hydrogen) atoms. The van der Waals surface area contributed by atoms with Crippen LogP contribution < -0.4 is 10.1 Å². The first-order valence-electron chi connectivity index (χ1n) is 9.80. The highest BCUT2D eigenvalue weighted by Crippen LogP contribution is 2.71. The van der Waals surface area contributed by atoms with Gasteiger partial charge in [-0.1, -0.05) is 0 Å². The molecule has 1 N–H and O–H groups in total. The topological polar surface area (TPSA) is 80.8 Å². The van der Waals surface area contributed by atoms with E-state index < -0.39 is 10.8 Å². The molecule has 7 nitrogen and oxygen atoms in total. The zero-order valence-corrected chi connectivity index (χ0v) is 15.8. The molecule has 1 aromatic rings. The number of anilines is 1. The van der Waals surface area contributed by atoms with Crippen molar-refractivity contribution >= 4 is 17.5 Å². The van der Waals surface area contributed by atoms with Crippen molar-refractivity contribution in [1.29, 1.82) is 0 Å². The number of nitrogens with one attached hydrogen (secondary N) is 1.